The largest absolute Gasteiger partial charge is 0.387 e. The zero-order valence-electron chi connectivity index (χ0n) is 13.6. The lowest BCUT2D eigenvalue weighted by Crippen LogP contribution is -2.47. The van der Waals surface area contributed by atoms with Crippen LogP contribution in [0.2, 0.25) is 0 Å². The first-order chi connectivity index (χ1) is 9.95. The summed E-state index contributed by atoms with van der Waals surface area (Å²) in [7, 11) is 3.69. The maximum atomic E-state index is 10.3. The van der Waals surface area contributed by atoms with Crippen molar-refractivity contribution in [2.75, 3.05) is 25.1 Å². The number of aliphatic imine (C=N–C) groups is 1. The van der Waals surface area contributed by atoms with Crippen LogP contribution in [0, 0.1) is 13.8 Å². The monoisotopic (exact) mass is 439 g/mol. The van der Waals surface area contributed by atoms with E-state index < -0.39 is 5.60 Å². The Balaban J connectivity index is 0.00000242. The van der Waals surface area contributed by atoms with E-state index in [1.54, 1.807) is 18.8 Å². The Morgan fingerprint density at radius 3 is 2.68 bits per heavy atom. The van der Waals surface area contributed by atoms with Crippen LogP contribution >= 0.6 is 35.7 Å². The Morgan fingerprint density at radius 2 is 2.18 bits per heavy atom. The normalized spacial score (nSPS) is 21.6. The minimum Gasteiger partial charge on any atom is -0.387 e. The molecule has 0 amide bonds. The minimum absolute atomic E-state index is 0. The number of aliphatic hydroxyl groups is 1. The number of hydrogen-bond donors (Lipinski definition) is 3. The standard InChI is InChI=1S/C14H25N5OS.HI/c1-10-12(11(2)19(4)18-10)7-16-13(15-3)17-8-14(20)5-6-21-9-14;/h20H,5-9H2,1-4H3,(H2,15,16,17);1H. The van der Waals surface area contributed by atoms with Gasteiger partial charge in [0.2, 0.25) is 0 Å². The molecule has 1 unspecified atom stereocenters. The van der Waals surface area contributed by atoms with Crippen molar-refractivity contribution in [3.63, 3.8) is 0 Å². The van der Waals surface area contributed by atoms with E-state index in [1.165, 1.54) is 5.56 Å². The van der Waals surface area contributed by atoms with Gasteiger partial charge < -0.3 is 15.7 Å². The average Bonchev–Trinajstić information content (AvgIpc) is 2.98. The Bertz CT molecular complexity index is 526. The van der Waals surface area contributed by atoms with Crippen molar-refractivity contribution in [3.05, 3.63) is 17.0 Å². The van der Waals surface area contributed by atoms with Crippen molar-refractivity contribution in [2.45, 2.75) is 32.4 Å². The minimum atomic E-state index is -0.609. The summed E-state index contributed by atoms with van der Waals surface area (Å²) in [6.45, 7) is 5.29. The molecule has 1 aromatic heterocycles. The van der Waals surface area contributed by atoms with Crippen LogP contribution in [0.3, 0.4) is 0 Å². The van der Waals surface area contributed by atoms with Gasteiger partial charge in [-0.1, -0.05) is 0 Å². The predicted octanol–water partition coefficient (Wildman–Crippen LogP) is 1.19. The second kappa shape index (κ2) is 8.39. The van der Waals surface area contributed by atoms with E-state index in [-0.39, 0.29) is 24.0 Å². The molecule has 8 heteroatoms. The van der Waals surface area contributed by atoms with Gasteiger partial charge in [0.1, 0.15) is 0 Å². The Morgan fingerprint density at radius 1 is 1.45 bits per heavy atom. The van der Waals surface area contributed by atoms with Gasteiger partial charge in [-0.2, -0.15) is 16.9 Å². The number of nitrogens with zero attached hydrogens (tertiary/aromatic N) is 3. The van der Waals surface area contributed by atoms with E-state index >= 15 is 0 Å². The number of aryl methyl sites for hydroxylation is 2. The fourth-order valence-corrected chi connectivity index (χ4v) is 3.75. The molecule has 126 valence electrons. The quantitative estimate of drug-likeness (QED) is 0.374. The molecule has 0 aromatic carbocycles. The van der Waals surface area contributed by atoms with Crippen LogP contribution in [0.1, 0.15) is 23.4 Å². The fourth-order valence-electron chi connectivity index (χ4n) is 2.45. The van der Waals surface area contributed by atoms with E-state index in [0.29, 0.717) is 19.0 Å². The molecule has 1 aromatic rings. The summed E-state index contributed by atoms with van der Waals surface area (Å²) in [6.07, 6.45) is 0.836. The van der Waals surface area contributed by atoms with Gasteiger partial charge >= 0.3 is 0 Å². The number of thioether (sulfide) groups is 1. The van der Waals surface area contributed by atoms with Gasteiger partial charge in [0.15, 0.2) is 5.96 Å². The molecule has 1 atom stereocenters. The molecular weight excluding hydrogens is 413 g/mol. The lowest BCUT2D eigenvalue weighted by molar-refractivity contribution is 0.0724. The second-order valence-corrected chi connectivity index (χ2v) is 6.68. The maximum Gasteiger partial charge on any atom is 0.191 e. The third kappa shape index (κ3) is 4.76. The molecule has 3 N–H and O–H groups in total. The van der Waals surface area contributed by atoms with Crippen molar-refractivity contribution in [1.29, 1.82) is 0 Å². The molecule has 2 heterocycles. The van der Waals surface area contributed by atoms with Crippen molar-refractivity contribution < 1.29 is 5.11 Å². The van der Waals surface area contributed by atoms with E-state index in [4.69, 9.17) is 0 Å². The molecule has 0 radical (unpaired) electrons. The summed E-state index contributed by atoms with van der Waals surface area (Å²) in [6, 6.07) is 0. The molecule has 22 heavy (non-hydrogen) atoms. The van der Waals surface area contributed by atoms with Gasteiger partial charge in [0.05, 0.1) is 11.3 Å². The summed E-state index contributed by atoms with van der Waals surface area (Å²) in [5, 5.41) is 21.2. The highest BCUT2D eigenvalue weighted by molar-refractivity contribution is 14.0. The summed E-state index contributed by atoms with van der Waals surface area (Å²) in [5.41, 5.74) is 2.77. The van der Waals surface area contributed by atoms with E-state index in [2.05, 4.69) is 27.6 Å². The topological polar surface area (TPSA) is 74.5 Å². The maximum absolute atomic E-state index is 10.3. The van der Waals surface area contributed by atoms with Crippen LogP contribution < -0.4 is 10.6 Å². The van der Waals surface area contributed by atoms with Gasteiger partial charge in [-0.15, -0.1) is 24.0 Å². The molecule has 1 fully saturated rings. The van der Waals surface area contributed by atoms with E-state index in [1.807, 2.05) is 18.7 Å². The van der Waals surface area contributed by atoms with Gasteiger partial charge in [-0.05, 0) is 26.0 Å². The van der Waals surface area contributed by atoms with Crippen LogP contribution in [0.25, 0.3) is 0 Å². The number of guanidine groups is 1. The van der Waals surface area contributed by atoms with Crippen molar-refractivity contribution >= 4 is 41.7 Å². The van der Waals surface area contributed by atoms with Crippen LogP contribution in [-0.2, 0) is 13.6 Å². The molecule has 1 aliphatic heterocycles. The Hall–Kier alpha value is -0.480. The highest BCUT2D eigenvalue weighted by atomic mass is 127. The van der Waals surface area contributed by atoms with E-state index in [0.717, 1.165) is 29.3 Å². The van der Waals surface area contributed by atoms with Gasteiger partial charge in [0.25, 0.3) is 0 Å². The number of aromatic nitrogens is 2. The first-order valence-corrected chi connectivity index (χ1v) is 8.34. The van der Waals surface area contributed by atoms with Gasteiger partial charge in [-0.25, -0.2) is 0 Å². The Labute approximate surface area is 153 Å². The second-order valence-electron chi connectivity index (χ2n) is 5.58. The average molecular weight is 439 g/mol. The summed E-state index contributed by atoms with van der Waals surface area (Å²) < 4.78 is 1.89. The van der Waals surface area contributed by atoms with Crippen LogP contribution in [0.4, 0.5) is 0 Å². The fraction of sp³-hybridized carbons (Fsp3) is 0.714. The highest BCUT2D eigenvalue weighted by Gasteiger charge is 2.31. The number of hydrogen-bond acceptors (Lipinski definition) is 4. The molecule has 0 bridgehead atoms. The summed E-state index contributed by atoms with van der Waals surface area (Å²) >= 11 is 1.80. The first kappa shape index (κ1) is 19.6. The zero-order chi connectivity index (χ0) is 15.5. The molecule has 1 aliphatic rings. The van der Waals surface area contributed by atoms with Crippen LogP contribution in [0.15, 0.2) is 4.99 Å². The summed E-state index contributed by atoms with van der Waals surface area (Å²) in [5.74, 6) is 2.53. The molecule has 1 saturated heterocycles. The first-order valence-electron chi connectivity index (χ1n) is 7.19. The molecular formula is C14H26IN5OS. The smallest absolute Gasteiger partial charge is 0.191 e. The third-order valence-electron chi connectivity index (χ3n) is 3.98. The van der Waals surface area contributed by atoms with Crippen molar-refractivity contribution in [3.8, 4) is 0 Å². The zero-order valence-corrected chi connectivity index (χ0v) is 16.8. The molecule has 0 aliphatic carbocycles. The van der Waals surface area contributed by atoms with Gasteiger partial charge in [0, 0.05) is 44.2 Å². The number of nitrogens with one attached hydrogen (secondary N) is 2. The van der Waals surface area contributed by atoms with Crippen LogP contribution in [-0.4, -0.2) is 51.5 Å². The van der Waals surface area contributed by atoms with Crippen molar-refractivity contribution in [2.24, 2.45) is 12.0 Å². The highest BCUT2D eigenvalue weighted by Crippen LogP contribution is 2.26. The molecule has 0 saturated carbocycles. The number of halogens is 1. The SMILES string of the molecule is CN=C(NCc1c(C)nn(C)c1C)NCC1(O)CCSC1.I. The molecule has 2 rings (SSSR count). The Kier molecular flexibility index (Phi) is 7.47. The molecule has 0 spiro atoms. The van der Waals surface area contributed by atoms with Crippen molar-refractivity contribution in [1.82, 2.24) is 20.4 Å². The third-order valence-corrected chi connectivity index (χ3v) is 5.22. The van der Waals surface area contributed by atoms with Crippen LogP contribution in [0.5, 0.6) is 0 Å². The van der Waals surface area contributed by atoms with E-state index in [9.17, 15) is 5.11 Å². The predicted molar refractivity (Wildman–Crippen MR) is 103 cm³/mol. The summed E-state index contributed by atoms with van der Waals surface area (Å²) in [4.78, 5) is 4.21. The number of rotatable bonds is 4. The lowest BCUT2D eigenvalue weighted by atomic mass is 10.0. The lowest BCUT2D eigenvalue weighted by Gasteiger charge is -2.23. The molecule has 6 nitrogen and oxygen atoms in total. The van der Waals surface area contributed by atoms with Gasteiger partial charge in [-0.3, -0.25) is 9.67 Å².